The Hall–Kier alpha value is -1.58. The van der Waals surface area contributed by atoms with Crippen LogP contribution in [0.5, 0.6) is 11.5 Å². The first-order valence-electron chi connectivity index (χ1n) is 7.20. The molecular weight excluding hydrogens is 240 g/mol. The summed E-state index contributed by atoms with van der Waals surface area (Å²) in [6.07, 6.45) is 3.79. The van der Waals surface area contributed by atoms with Gasteiger partial charge in [-0.05, 0) is 33.1 Å². The number of nitrogen functional groups attached to an aromatic ring is 1. The van der Waals surface area contributed by atoms with Gasteiger partial charge in [0.05, 0.1) is 24.6 Å². The average molecular weight is 264 g/mol. The van der Waals surface area contributed by atoms with Crippen LogP contribution in [0.4, 0.5) is 11.4 Å². The van der Waals surface area contributed by atoms with Crippen LogP contribution in [0, 0.1) is 0 Å². The molecule has 1 fully saturated rings. The van der Waals surface area contributed by atoms with Crippen molar-refractivity contribution < 1.29 is 9.47 Å². The van der Waals surface area contributed by atoms with Crippen molar-refractivity contribution >= 4 is 11.4 Å². The molecule has 0 amide bonds. The zero-order valence-electron chi connectivity index (χ0n) is 11.9. The van der Waals surface area contributed by atoms with E-state index in [4.69, 9.17) is 15.2 Å². The van der Waals surface area contributed by atoms with Gasteiger partial charge in [-0.1, -0.05) is 0 Å². The minimum atomic E-state index is 0.623. The number of rotatable bonds is 5. The molecule has 0 unspecified atom stereocenters. The van der Waals surface area contributed by atoms with Gasteiger partial charge in [0, 0.05) is 25.2 Å². The highest BCUT2D eigenvalue weighted by Gasteiger charge is 2.18. The summed E-state index contributed by atoms with van der Waals surface area (Å²) in [5.74, 6) is 1.62. The van der Waals surface area contributed by atoms with E-state index in [2.05, 4.69) is 4.90 Å². The second kappa shape index (κ2) is 6.55. The highest BCUT2D eigenvalue weighted by Crippen LogP contribution is 2.38. The van der Waals surface area contributed by atoms with E-state index in [0.717, 1.165) is 30.3 Å². The fourth-order valence-electron chi connectivity index (χ4n) is 2.50. The summed E-state index contributed by atoms with van der Waals surface area (Å²) < 4.78 is 11.3. The van der Waals surface area contributed by atoms with Gasteiger partial charge in [-0.3, -0.25) is 0 Å². The van der Waals surface area contributed by atoms with Crippen molar-refractivity contribution in [3.05, 3.63) is 12.1 Å². The van der Waals surface area contributed by atoms with Gasteiger partial charge >= 0.3 is 0 Å². The maximum absolute atomic E-state index is 6.01. The Morgan fingerprint density at radius 2 is 1.63 bits per heavy atom. The molecule has 0 spiro atoms. The maximum atomic E-state index is 6.01. The van der Waals surface area contributed by atoms with E-state index in [0.29, 0.717) is 18.9 Å². The monoisotopic (exact) mass is 264 g/mol. The molecule has 0 atom stereocenters. The minimum absolute atomic E-state index is 0.623. The smallest absolute Gasteiger partial charge is 0.144 e. The van der Waals surface area contributed by atoms with Gasteiger partial charge in [-0.15, -0.1) is 0 Å². The Labute approximate surface area is 115 Å². The number of hydrogen-bond acceptors (Lipinski definition) is 4. The third-order valence-corrected chi connectivity index (χ3v) is 3.39. The largest absolute Gasteiger partial charge is 0.492 e. The number of piperidine rings is 1. The summed E-state index contributed by atoms with van der Waals surface area (Å²) in [6, 6.07) is 3.91. The molecule has 1 aliphatic heterocycles. The molecule has 4 heteroatoms. The Morgan fingerprint density at radius 1 is 1.00 bits per heavy atom. The lowest BCUT2D eigenvalue weighted by Crippen LogP contribution is -2.29. The lowest BCUT2D eigenvalue weighted by Gasteiger charge is -2.30. The molecule has 0 aromatic heterocycles. The van der Waals surface area contributed by atoms with Gasteiger partial charge < -0.3 is 20.1 Å². The van der Waals surface area contributed by atoms with Crippen molar-refractivity contribution in [1.82, 2.24) is 0 Å². The van der Waals surface area contributed by atoms with E-state index < -0.39 is 0 Å². The van der Waals surface area contributed by atoms with Gasteiger partial charge in [-0.2, -0.15) is 0 Å². The Morgan fingerprint density at radius 3 is 2.26 bits per heavy atom. The Bertz CT molecular complexity index is 415. The molecule has 4 nitrogen and oxygen atoms in total. The van der Waals surface area contributed by atoms with Crippen LogP contribution in [-0.2, 0) is 0 Å². The van der Waals surface area contributed by atoms with Crippen molar-refractivity contribution in [2.45, 2.75) is 33.1 Å². The normalized spacial score (nSPS) is 15.4. The van der Waals surface area contributed by atoms with E-state index >= 15 is 0 Å². The van der Waals surface area contributed by atoms with Crippen LogP contribution in [0.15, 0.2) is 12.1 Å². The van der Waals surface area contributed by atoms with Crippen LogP contribution in [-0.4, -0.2) is 26.3 Å². The number of hydrogen-bond donors (Lipinski definition) is 1. The molecule has 1 aromatic rings. The topological polar surface area (TPSA) is 47.7 Å². The van der Waals surface area contributed by atoms with Crippen molar-refractivity contribution in [1.29, 1.82) is 0 Å². The summed E-state index contributed by atoms with van der Waals surface area (Å²) in [6.45, 7) is 7.39. The second-order valence-electron chi connectivity index (χ2n) is 4.77. The lowest BCUT2D eigenvalue weighted by molar-refractivity contribution is 0.331. The first-order valence-corrected chi connectivity index (χ1v) is 7.20. The summed E-state index contributed by atoms with van der Waals surface area (Å²) >= 11 is 0. The minimum Gasteiger partial charge on any atom is -0.492 e. The molecule has 0 saturated carbocycles. The van der Waals surface area contributed by atoms with E-state index in [9.17, 15) is 0 Å². The van der Waals surface area contributed by atoms with E-state index in [1.807, 2.05) is 26.0 Å². The predicted octanol–water partition coefficient (Wildman–Crippen LogP) is 3.06. The molecule has 1 heterocycles. The Kier molecular flexibility index (Phi) is 4.77. The molecule has 1 aliphatic rings. The number of benzene rings is 1. The first kappa shape index (κ1) is 13.8. The highest BCUT2D eigenvalue weighted by molar-refractivity contribution is 5.70. The molecule has 1 aromatic carbocycles. The third-order valence-electron chi connectivity index (χ3n) is 3.39. The standard InChI is InChI=1S/C15H24N2O2/c1-3-18-14-11-13(17-8-6-5-7-9-17)15(19-4-2)10-12(14)16/h10-11H,3-9,16H2,1-2H3. The van der Waals surface area contributed by atoms with Gasteiger partial charge in [0.15, 0.2) is 0 Å². The van der Waals surface area contributed by atoms with Crippen LogP contribution >= 0.6 is 0 Å². The van der Waals surface area contributed by atoms with Crippen LogP contribution < -0.4 is 20.1 Å². The first-order chi connectivity index (χ1) is 9.26. The van der Waals surface area contributed by atoms with Gasteiger partial charge in [0.2, 0.25) is 0 Å². The van der Waals surface area contributed by atoms with Crippen molar-refractivity contribution in [3.8, 4) is 11.5 Å². The quantitative estimate of drug-likeness (QED) is 0.830. The van der Waals surface area contributed by atoms with Crippen molar-refractivity contribution in [2.24, 2.45) is 0 Å². The van der Waals surface area contributed by atoms with Gasteiger partial charge in [0.1, 0.15) is 11.5 Å². The molecular formula is C15H24N2O2. The second-order valence-corrected chi connectivity index (χ2v) is 4.77. The predicted molar refractivity (Wildman–Crippen MR) is 79.3 cm³/mol. The molecule has 19 heavy (non-hydrogen) atoms. The van der Waals surface area contributed by atoms with Crippen LogP contribution in [0.1, 0.15) is 33.1 Å². The average Bonchev–Trinajstić information content (AvgIpc) is 2.43. The molecule has 0 radical (unpaired) electrons. The van der Waals surface area contributed by atoms with Crippen molar-refractivity contribution in [3.63, 3.8) is 0 Å². The molecule has 2 N–H and O–H groups in total. The molecule has 1 saturated heterocycles. The SMILES string of the molecule is CCOc1cc(N2CCCCC2)c(OCC)cc1N. The fraction of sp³-hybridized carbons (Fsp3) is 0.600. The zero-order valence-corrected chi connectivity index (χ0v) is 11.9. The van der Waals surface area contributed by atoms with E-state index in [1.54, 1.807) is 0 Å². The van der Waals surface area contributed by atoms with Gasteiger partial charge in [0.25, 0.3) is 0 Å². The summed E-state index contributed by atoms with van der Waals surface area (Å²) in [5, 5.41) is 0. The third kappa shape index (κ3) is 3.25. The summed E-state index contributed by atoms with van der Waals surface area (Å²) in [5.41, 5.74) is 7.77. The summed E-state index contributed by atoms with van der Waals surface area (Å²) in [7, 11) is 0. The number of ether oxygens (including phenoxy) is 2. The molecule has 2 rings (SSSR count). The number of anilines is 2. The maximum Gasteiger partial charge on any atom is 0.144 e. The van der Waals surface area contributed by atoms with Crippen LogP contribution in [0.25, 0.3) is 0 Å². The Balaban J connectivity index is 2.33. The molecule has 106 valence electrons. The fourth-order valence-corrected chi connectivity index (χ4v) is 2.50. The van der Waals surface area contributed by atoms with Gasteiger partial charge in [-0.25, -0.2) is 0 Å². The van der Waals surface area contributed by atoms with E-state index in [-0.39, 0.29) is 0 Å². The van der Waals surface area contributed by atoms with Crippen molar-refractivity contribution in [2.75, 3.05) is 36.9 Å². The number of nitrogens with zero attached hydrogens (tertiary/aromatic N) is 1. The molecule has 0 bridgehead atoms. The number of nitrogens with two attached hydrogens (primary N) is 1. The van der Waals surface area contributed by atoms with Crippen LogP contribution in [0.2, 0.25) is 0 Å². The highest BCUT2D eigenvalue weighted by atomic mass is 16.5. The lowest BCUT2D eigenvalue weighted by atomic mass is 10.1. The van der Waals surface area contributed by atoms with E-state index in [1.165, 1.54) is 19.3 Å². The summed E-state index contributed by atoms with van der Waals surface area (Å²) in [4.78, 5) is 2.37. The molecule has 0 aliphatic carbocycles. The van der Waals surface area contributed by atoms with Crippen LogP contribution in [0.3, 0.4) is 0 Å². The zero-order chi connectivity index (χ0) is 13.7.